The molecular weight excluding hydrogens is 272 g/mol. The van der Waals surface area contributed by atoms with Crippen LogP contribution in [0.5, 0.6) is 5.75 Å². The van der Waals surface area contributed by atoms with Crippen molar-refractivity contribution in [3.8, 4) is 5.75 Å². The number of carbonyl (C=O) groups is 1. The number of carboxylic acid groups (broad SMARTS) is 1. The summed E-state index contributed by atoms with van der Waals surface area (Å²) < 4.78 is 6.62. The Bertz CT molecular complexity index is 470. The van der Waals surface area contributed by atoms with E-state index in [0.717, 1.165) is 28.6 Å². The zero-order valence-corrected chi connectivity index (χ0v) is 10.2. The van der Waals surface area contributed by atoms with Crippen LogP contribution in [-0.2, 0) is 11.2 Å². The first kappa shape index (κ1) is 10.1. The van der Waals surface area contributed by atoms with Crippen molar-refractivity contribution in [3.05, 3.63) is 27.7 Å². The van der Waals surface area contributed by atoms with Crippen LogP contribution in [0.4, 0.5) is 0 Å². The van der Waals surface area contributed by atoms with Gasteiger partial charge in [-0.3, -0.25) is 4.79 Å². The van der Waals surface area contributed by atoms with E-state index >= 15 is 0 Å². The fraction of sp³-hybridized carbons (Fsp3) is 0.417. The maximum absolute atomic E-state index is 10.9. The number of ether oxygens (including phenoxy) is 1. The van der Waals surface area contributed by atoms with Crippen LogP contribution in [0, 0.1) is 5.92 Å². The molecular formula is C12H11BrO3. The average molecular weight is 283 g/mol. The van der Waals surface area contributed by atoms with Gasteiger partial charge in [-0.2, -0.15) is 0 Å². The van der Waals surface area contributed by atoms with Crippen molar-refractivity contribution in [2.24, 2.45) is 5.92 Å². The molecule has 2 atom stereocenters. The van der Waals surface area contributed by atoms with Gasteiger partial charge in [0.1, 0.15) is 5.75 Å². The minimum Gasteiger partial charge on any atom is -0.493 e. The molecule has 1 aromatic carbocycles. The Kier molecular flexibility index (Phi) is 2.21. The normalized spacial score (nSPS) is 26.1. The number of benzene rings is 1. The summed E-state index contributed by atoms with van der Waals surface area (Å²) in [5.74, 6) is 0.151. The molecule has 1 saturated carbocycles. The summed E-state index contributed by atoms with van der Waals surface area (Å²) in [5.41, 5.74) is 2.26. The quantitative estimate of drug-likeness (QED) is 0.907. The number of halogens is 1. The summed E-state index contributed by atoms with van der Waals surface area (Å²) >= 11 is 3.47. The Morgan fingerprint density at radius 3 is 3.00 bits per heavy atom. The molecule has 84 valence electrons. The largest absolute Gasteiger partial charge is 0.493 e. The van der Waals surface area contributed by atoms with Crippen LogP contribution >= 0.6 is 15.9 Å². The standard InChI is InChI=1S/C12H11BrO3/c13-7-3-6-1-2-16-11(6)9(4-7)8-5-10(8)12(14)15/h3-4,8,10H,1-2,5H2,(H,14,15). The van der Waals surface area contributed by atoms with Crippen LogP contribution in [0.15, 0.2) is 16.6 Å². The smallest absolute Gasteiger partial charge is 0.307 e. The molecule has 3 rings (SSSR count). The molecule has 2 unspecified atom stereocenters. The Morgan fingerprint density at radius 1 is 1.50 bits per heavy atom. The van der Waals surface area contributed by atoms with Gasteiger partial charge in [0.25, 0.3) is 0 Å². The van der Waals surface area contributed by atoms with Crippen LogP contribution in [0.25, 0.3) is 0 Å². The molecule has 0 bridgehead atoms. The molecule has 1 aromatic rings. The number of hydrogen-bond donors (Lipinski definition) is 1. The average Bonchev–Trinajstić information content (AvgIpc) is 2.89. The molecule has 1 aliphatic heterocycles. The highest BCUT2D eigenvalue weighted by molar-refractivity contribution is 9.10. The summed E-state index contributed by atoms with van der Waals surface area (Å²) in [7, 11) is 0. The van der Waals surface area contributed by atoms with Gasteiger partial charge in [0.2, 0.25) is 0 Å². The third-order valence-electron chi connectivity index (χ3n) is 3.28. The van der Waals surface area contributed by atoms with Crippen molar-refractivity contribution in [2.75, 3.05) is 6.61 Å². The maximum Gasteiger partial charge on any atom is 0.307 e. The predicted molar refractivity (Wildman–Crippen MR) is 61.8 cm³/mol. The topological polar surface area (TPSA) is 46.5 Å². The third-order valence-corrected chi connectivity index (χ3v) is 3.74. The van der Waals surface area contributed by atoms with E-state index in [1.54, 1.807) is 0 Å². The minimum atomic E-state index is -0.697. The Morgan fingerprint density at radius 2 is 2.31 bits per heavy atom. The first-order chi connectivity index (χ1) is 7.66. The second-order valence-corrected chi connectivity index (χ2v) is 5.28. The summed E-state index contributed by atoms with van der Waals surface area (Å²) in [6.45, 7) is 0.712. The molecule has 1 fully saturated rings. The van der Waals surface area contributed by atoms with Crippen LogP contribution in [0.2, 0.25) is 0 Å². The molecule has 0 saturated heterocycles. The summed E-state index contributed by atoms with van der Waals surface area (Å²) in [6.07, 6.45) is 1.66. The first-order valence-electron chi connectivity index (χ1n) is 5.34. The molecule has 4 heteroatoms. The fourth-order valence-electron chi connectivity index (χ4n) is 2.39. The summed E-state index contributed by atoms with van der Waals surface area (Å²) in [4.78, 5) is 10.9. The van der Waals surface area contributed by atoms with Crippen LogP contribution < -0.4 is 4.74 Å². The molecule has 1 aliphatic carbocycles. The van der Waals surface area contributed by atoms with E-state index in [1.807, 2.05) is 6.07 Å². The number of aliphatic carboxylic acids is 1. The lowest BCUT2D eigenvalue weighted by molar-refractivity contribution is -0.138. The molecule has 0 spiro atoms. The van der Waals surface area contributed by atoms with Crippen LogP contribution in [0.3, 0.4) is 0 Å². The van der Waals surface area contributed by atoms with E-state index in [9.17, 15) is 4.79 Å². The van der Waals surface area contributed by atoms with Crippen molar-refractivity contribution in [1.29, 1.82) is 0 Å². The Balaban J connectivity index is 1.99. The van der Waals surface area contributed by atoms with Gasteiger partial charge in [0.05, 0.1) is 12.5 Å². The number of hydrogen-bond acceptors (Lipinski definition) is 2. The zero-order valence-electron chi connectivity index (χ0n) is 8.57. The minimum absolute atomic E-state index is 0.141. The van der Waals surface area contributed by atoms with E-state index < -0.39 is 5.97 Å². The van der Waals surface area contributed by atoms with Gasteiger partial charge in [-0.05, 0) is 29.7 Å². The highest BCUT2D eigenvalue weighted by atomic mass is 79.9. The lowest BCUT2D eigenvalue weighted by Gasteiger charge is -2.08. The van der Waals surface area contributed by atoms with Gasteiger partial charge in [-0.1, -0.05) is 15.9 Å². The number of fused-ring (bicyclic) bond motifs is 1. The maximum atomic E-state index is 10.9. The predicted octanol–water partition coefficient (Wildman–Crippen LogP) is 2.57. The lowest BCUT2D eigenvalue weighted by Crippen LogP contribution is -2.00. The van der Waals surface area contributed by atoms with Gasteiger partial charge >= 0.3 is 5.97 Å². The van der Waals surface area contributed by atoms with Gasteiger partial charge < -0.3 is 9.84 Å². The van der Waals surface area contributed by atoms with Crippen molar-refractivity contribution in [1.82, 2.24) is 0 Å². The molecule has 2 aliphatic rings. The van der Waals surface area contributed by atoms with Gasteiger partial charge in [0, 0.05) is 16.8 Å². The highest BCUT2D eigenvalue weighted by Gasteiger charge is 2.46. The summed E-state index contributed by atoms with van der Waals surface area (Å²) in [6, 6.07) is 4.06. The van der Waals surface area contributed by atoms with Gasteiger partial charge in [-0.25, -0.2) is 0 Å². The Labute approximate surface area is 102 Å². The second-order valence-electron chi connectivity index (χ2n) is 4.37. The van der Waals surface area contributed by atoms with E-state index in [1.165, 1.54) is 5.56 Å². The molecule has 0 aromatic heterocycles. The lowest BCUT2D eigenvalue weighted by atomic mass is 10.0. The monoisotopic (exact) mass is 282 g/mol. The van der Waals surface area contributed by atoms with E-state index in [2.05, 4.69) is 22.0 Å². The third kappa shape index (κ3) is 1.52. The van der Waals surface area contributed by atoms with Gasteiger partial charge in [-0.15, -0.1) is 0 Å². The van der Waals surface area contributed by atoms with E-state index in [0.29, 0.717) is 6.61 Å². The van der Waals surface area contributed by atoms with Crippen molar-refractivity contribution >= 4 is 21.9 Å². The first-order valence-corrected chi connectivity index (χ1v) is 6.14. The summed E-state index contributed by atoms with van der Waals surface area (Å²) in [5, 5.41) is 8.95. The SMILES string of the molecule is O=C(O)C1CC1c1cc(Br)cc2c1OCC2. The van der Waals surface area contributed by atoms with E-state index in [-0.39, 0.29) is 11.8 Å². The van der Waals surface area contributed by atoms with Crippen molar-refractivity contribution < 1.29 is 14.6 Å². The second kappa shape index (κ2) is 3.48. The van der Waals surface area contributed by atoms with Crippen molar-refractivity contribution in [3.63, 3.8) is 0 Å². The van der Waals surface area contributed by atoms with Crippen LogP contribution in [-0.4, -0.2) is 17.7 Å². The Hall–Kier alpha value is -1.03. The highest BCUT2D eigenvalue weighted by Crippen LogP contribution is 2.52. The number of carboxylic acids is 1. The zero-order chi connectivity index (χ0) is 11.3. The molecule has 16 heavy (non-hydrogen) atoms. The number of rotatable bonds is 2. The van der Waals surface area contributed by atoms with Crippen molar-refractivity contribution in [2.45, 2.75) is 18.8 Å². The molecule has 3 nitrogen and oxygen atoms in total. The fourth-order valence-corrected chi connectivity index (χ4v) is 2.91. The molecule has 0 amide bonds. The molecule has 1 N–H and O–H groups in total. The molecule has 1 heterocycles. The molecule has 0 radical (unpaired) electrons. The van der Waals surface area contributed by atoms with Crippen LogP contribution in [0.1, 0.15) is 23.5 Å². The van der Waals surface area contributed by atoms with E-state index in [4.69, 9.17) is 9.84 Å². The van der Waals surface area contributed by atoms with Gasteiger partial charge in [0.15, 0.2) is 0 Å².